The van der Waals surface area contributed by atoms with E-state index in [1.807, 2.05) is 26.0 Å². The molecule has 88 valence electrons. The normalized spacial score (nSPS) is 12.2. The average molecular weight is 221 g/mol. The maximum atomic E-state index is 11.6. The highest BCUT2D eigenvalue weighted by Crippen LogP contribution is 2.11. The summed E-state index contributed by atoms with van der Waals surface area (Å²) in [6, 6.07) is 3.82. The van der Waals surface area contributed by atoms with E-state index in [2.05, 4.69) is 10.3 Å². The number of carbonyl (C=O) groups excluding carboxylic acids is 1. The first-order valence-corrected chi connectivity index (χ1v) is 5.56. The van der Waals surface area contributed by atoms with Crippen LogP contribution in [0.4, 0.5) is 5.69 Å². The number of aryl methyl sites for hydroxylation is 1. The zero-order valence-corrected chi connectivity index (χ0v) is 9.86. The predicted molar refractivity (Wildman–Crippen MR) is 65.1 cm³/mol. The van der Waals surface area contributed by atoms with Crippen LogP contribution in [-0.4, -0.2) is 16.9 Å². The van der Waals surface area contributed by atoms with E-state index in [0.717, 1.165) is 24.2 Å². The minimum Gasteiger partial charge on any atom is -0.328 e. The summed E-state index contributed by atoms with van der Waals surface area (Å²) in [7, 11) is 0. The van der Waals surface area contributed by atoms with Crippen molar-refractivity contribution in [3.05, 3.63) is 24.0 Å². The van der Waals surface area contributed by atoms with Crippen LogP contribution in [0.15, 0.2) is 18.3 Å². The monoisotopic (exact) mass is 221 g/mol. The summed E-state index contributed by atoms with van der Waals surface area (Å²) < 4.78 is 0. The Morgan fingerprint density at radius 1 is 1.62 bits per heavy atom. The van der Waals surface area contributed by atoms with E-state index in [9.17, 15) is 4.79 Å². The molecule has 0 saturated heterocycles. The van der Waals surface area contributed by atoms with Gasteiger partial charge in [-0.1, -0.05) is 0 Å². The van der Waals surface area contributed by atoms with Crippen LogP contribution in [0.1, 0.15) is 31.9 Å². The number of anilines is 1. The van der Waals surface area contributed by atoms with Gasteiger partial charge < -0.3 is 11.1 Å². The van der Waals surface area contributed by atoms with Crippen molar-refractivity contribution in [3.63, 3.8) is 0 Å². The molecule has 1 amide bonds. The van der Waals surface area contributed by atoms with Crippen LogP contribution >= 0.6 is 0 Å². The van der Waals surface area contributed by atoms with E-state index >= 15 is 0 Å². The molecule has 3 N–H and O–H groups in total. The number of nitrogens with two attached hydrogens (primary N) is 1. The summed E-state index contributed by atoms with van der Waals surface area (Å²) in [5, 5.41) is 2.84. The van der Waals surface area contributed by atoms with E-state index in [1.54, 1.807) is 6.20 Å². The summed E-state index contributed by atoms with van der Waals surface area (Å²) in [6.45, 7) is 3.82. The smallest absolute Gasteiger partial charge is 0.224 e. The molecule has 0 fully saturated rings. The van der Waals surface area contributed by atoms with E-state index in [-0.39, 0.29) is 11.9 Å². The van der Waals surface area contributed by atoms with Gasteiger partial charge in [0.15, 0.2) is 0 Å². The molecular weight excluding hydrogens is 202 g/mol. The van der Waals surface area contributed by atoms with Crippen molar-refractivity contribution in [1.29, 1.82) is 0 Å². The highest BCUT2D eigenvalue weighted by atomic mass is 16.1. The van der Waals surface area contributed by atoms with Crippen molar-refractivity contribution in [1.82, 2.24) is 4.98 Å². The van der Waals surface area contributed by atoms with Crippen molar-refractivity contribution in [2.24, 2.45) is 5.73 Å². The number of pyridine rings is 1. The fourth-order valence-corrected chi connectivity index (χ4v) is 1.41. The van der Waals surface area contributed by atoms with Crippen molar-refractivity contribution in [2.45, 2.75) is 39.2 Å². The fourth-order valence-electron chi connectivity index (χ4n) is 1.41. The van der Waals surface area contributed by atoms with Gasteiger partial charge in [0.25, 0.3) is 0 Å². The summed E-state index contributed by atoms with van der Waals surface area (Å²) in [5.74, 6) is 0.0248. The molecule has 0 radical (unpaired) electrons. The number of hydrogen-bond acceptors (Lipinski definition) is 3. The Balaban J connectivity index is 2.37. The molecular formula is C12H19N3O. The second kappa shape index (κ2) is 6.23. The first-order valence-electron chi connectivity index (χ1n) is 5.56. The summed E-state index contributed by atoms with van der Waals surface area (Å²) in [4.78, 5) is 15.7. The third-order valence-corrected chi connectivity index (χ3v) is 2.34. The molecule has 0 aliphatic rings. The number of nitrogens with zero attached hydrogens (tertiary/aromatic N) is 1. The minimum absolute atomic E-state index is 0.0248. The molecule has 0 bridgehead atoms. The van der Waals surface area contributed by atoms with Crippen LogP contribution in [0.2, 0.25) is 0 Å². The molecule has 1 aromatic heterocycles. The largest absolute Gasteiger partial charge is 0.328 e. The lowest BCUT2D eigenvalue weighted by atomic mass is 10.1. The van der Waals surface area contributed by atoms with Crippen LogP contribution < -0.4 is 11.1 Å². The first kappa shape index (κ1) is 12.6. The standard InChI is InChI=1S/C12H19N3O/c1-9(13)5-3-7-12(16)15-11-6-4-8-14-10(11)2/h4,6,8-9H,3,5,7,13H2,1-2H3,(H,15,16). The molecule has 0 saturated carbocycles. The van der Waals surface area contributed by atoms with Crippen molar-refractivity contribution in [3.8, 4) is 0 Å². The highest BCUT2D eigenvalue weighted by Gasteiger charge is 2.05. The maximum absolute atomic E-state index is 11.6. The lowest BCUT2D eigenvalue weighted by molar-refractivity contribution is -0.116. The molecule has 1 heterocycles. The van der Waals surface area contributed by atoms with E-state index in [4.69, 9.17) is 5.73 Å². The topological polar surface area (TPSA) is 68.0 Å². The SMILES string of the molecule is Cc1ncccc1NC(=O)CCCC(C)N. The number of carbonyl (C=O) groups is 1. The van der Waals surface area contributed by atoms with Gasteiger partial charge in [-0.15, -0.1) is 0 Å². The zero-order chi connectivity index (χ0) is 12.0. The molecule has 1 aromatic rings. The Hall–Kier alpha value is -1.42. The Bertz CT molecular complexity index is 350. The summed E-state index contributed by atoms with van der Waals surface area (Å²) >= 11 is 0. The van der Waals surface area contributed by atoms with Crippen molar-refractivity contribution >= 4 is 11.6 Å². The van der Waals surface area contributed by atoms with Gasteiger partial charge in [0.1, 0.15) is 0 Å². The minimum atomic E-state index is 0.0248. The van der Waals surface area contributed by atoms with Gasteiger partial charge in [0.05, 0.1) is 11.4 Å². The molecule has 0 spiro atoms. The molecule has 1 atom stereocenters. The molecule has 4 heteroatoms. The Morgan fingerprint density at radius 2 is 2.38 bits per heavy atom. The summed E-state index contributed by atoms with van der Waals surface area (Å²) in [6.07, 6.45) is 3.92. The lowest BCUT2D eigenvalue weighted by Gasteiger charge is -2.08. The van der Waals surface area contributed by atoms with Crippen LogP contribution in [0.5, 0.6) is 0 Å². The van der Waals surface area contributed by atoms with Gasteiger partial charge in [0, 0.05) is 18.7 Å². The molecule has 0 aliphatic carbocycles. The number of hydrogen-bond donors (Lipinski definition) is 2. The molecule has 16 heavy (non-hydrogen) atoms. The highest BCUT2D eigenvalue weighted by molar-refractivity contribution is 5.91. The third kappa shape index (κ3) is 4.40. The van der Waals surface area contributed by atoms with E-state index < -0.39 is 0 Å². The van der Waals surface area contributed by atoms with Gasteiger partial charge >= 0.3 is 0 Å². The Morgan fingerprint density at radius 3 is 3.00 bits per heavy atom. The van der Waals surface area contributed by atoms with Gasteiger partial charge in [-0.3, -0.25) is 9.78 Å². The average Bonchev–Trinajstić information content (AvgIpc) is 2.21. The van der Waals surface area contributed by atoms with Crippen LogP contribution in [0.3, 0.4) is 0 Å². The van der Waals surface area contributed by atoms with Crippen molar-refractivity contribution < 1.29 is 4.79 Å². The quantitative estimate of drug-likeness (QED) is 0.797. The first-order chi connectivity index (χ1) is 7.59. The van der Waals surface area contributed by atoms with Crippen LogP contribution in [0.25, 0.3) is 0 Å². The van der Waals surface area contributed by atoms with Crippen LogP contribution in [0, 0.1) is 6.92 Å². The maximum Gasteiger partial charge on any atom is 0.224 e. The number of rotatable bonds is 5. The number of aromatic nitrogens is 1. The van der Waals surface area contributed by atoms with E-state index in [1.165, 1.54) is 0 Å². The Kier molecular flexibility index (Phi) is 4.92. The molecule has 0 aromatic carbocycles. The van der Waals surface area contributed by atoms with Gasteiger partial charge in [-0.25, -0.2) is 0 Å². The van der Waals surface area contributed by atoms with Gasteiger partial charge in [0.2, 0.25) is 5.91 Å². The molecule has 4 nitrogen and oxygen atoms in total. The number of amides is 1. The second-order valence-corrected chi connectivity index (χ2v) is 4.05. The van der Waals surface area contributed by atoms with Crippen molar-refractivity contribution in [2.75, 3.05) is 5.32 Å². The van der Waals surface area contributed by atoms with E-state index in [0.29, 0.717) is 6.42 Å². The second-order valence-electron chi connectivity index (χ2n) is 4.05. The molecule has 0 aliphatic heterocycles. The van der Waals surface area contributed by atoms with Crippen LogP contribution in [-0.2, 0) is 4.79 Å². The summed E-state index contributed by atoms with van der Waals surface area (Å²) in [5.41, 5.74) is 7.24. The number of nitrogens with one attached hydrogen (secondary N) is 1. The van der Waals surface area contributed by atoms with Gasteiger partial charge in [-0.2, -0.15) is 0 Å². The predicted octanol–water partition coefficient (Wildman–Crippen LogP) is 1.85. The third-order valence-electron chi connectivity index (χ3n) is 2.34. The molecule has 1 unspecified atom stereocenters. The lowest BCUT2D eigenvalue weighted by Crippen LogP contribution is -2.17. The Labute approximate surface area is 96.3 Å². The fraction of sp³-hybridized carbons (Fsp3) is 0.500. The van der Waals surface area contributed by atoms with Gasteiger partial charge in [-0.05, 0) is 38.8 Å². The molecule has 1 rings (SSSR count). The zero-order valence-electron chi connectivity index (χ0n) is 9.86.